The highest BCUT2D eigenvalue weighted by molar-refractivity contribution is 5.82. The predicted octanol–water partition coefficient (Wildman–Crippen LogP) is 6.23. The van der Waals surface area contributed by atoms with Gasteiger partial charge in [-0.1, -0.05) is 43.2 Å². The third kappa shape index (κ3) is 8.58. The second-order valence-corrected chi connectivity index (χ2v) is 5.09. The largest absolute Gasteiger partial charge is 0.263 e. The summed E-state index contributed by atoms with van der Waals surface area (Å²) in [5.74, 6) is 0. The Hall–Kier alpha value is -1.11. The van der Waals surface area contributed by atoms with Crippen molar-refractivity contribution in [2.75, 3.05) is 0 Å². The number of rotatable bonds is 8. The van der Waals surface area contributed by atoms with E-state index in [0.29, 0.717) is 0 Å². The van der Waals surface area contributed by atoms with E-state index >= 15 is 0 Å². The summed E-state index contributed by atoms with van der Waals surface area (Å²) >= 11 is 0. The molecule has 0 unspecified atom stereocenters. The number of allylic oxidation sites excluding steroid dienone is 6. The van der Waals surface area contributed by atoms with Crippen LogP contribution in [0.15, 0.2) is 40.1 Å². The molecule has 19 heavy (non-hydrogen) atoms. The van der Waals surface area contributed by atoms with Crippen LogP contribution in [0.25, 0.3) is 0 Å². The van der Waals surface area contributed by atoms with Crippen LogP contribution in [0.3, 0.4) is 0 Å². The first-order valence-corrected chi connectivity index (χ1v) is 7.57. The Bertz CT molecular complexity index is 367. The minimum absolute atomic E-state index is 1.09. The zero-order valence-electron chi connectivity index (χ0n) is 13.7. The summed E-state index contributed by atoms with van der Waals surface area (Å²) in [7, 11) is 0. The zero-order valence-corrected chi connectivity index (χ0v) is 13.7. The molecule has 0 fully saturated rings. The predicted molar refractivity (Wildman–Crippen MR) is 88.8 cm³/mol. The van der Waals surface area contributed by atoms with Crippen LogP contribution in [0.4, 0.5) is 0 Å². The average molecular weight is 261 g/mol. The van der Waals surface area contributed by atoms with E-state index in [1.165, 1.54) is 29.0 Å². The molecule has 0 heterocycles. The topological polar surface area (TPSA) is 12.4 Å². The van der Waals surface area contributed by atoms with Crippen LogP contribution in [-0.2, 0) is 0 Å². The van der Waals surface area contributed by atoms with E-state index in [9.17, 15) is 0 Å². The van der Waals surface area contributed by atoms with Crippen LogP contribution in [0.1, 0.15) is 73.6 Å². The van der Waals surface area contributed by atoms with Crippen molar-refractivity contribution in [3.8, 4) is 0 Å². The van der Waals surface area contributed by atoms with Gasteiger partial charge in [0, 0.05) is 11.4 Å². The molecule has 0 atom stereocenters. The van der Waals surface area contributed by atoms with Crippen LogP contribution in [0.5, 0.6) is 0 Å². The zero-order chi connectivity index (χ0) is 14.7. The molecule has 1 heteroatoms. The summed E-state index contributed by atoms with van der Waals surface area (Å²) in [6, 6.07) is 0. The van der Waals surface area contributed by atoms with Crippen molar-refractivity contribution in [3.63, 3.8) is 0 Å². The van der Waals surface area contributed by atoms with Crippen molar-refractivity contribution in [1.29, 1.82) is 0 Å². The van der Waals surface area contributed by atoms with E-state index in [1.54, 1.807) is 0 Å². The molecule has 108 valence electrons. The molecule has 0 aliphatic carbocycles. The fourth-order valence-corrected chi connectivity index (χ4v) is 1.88. The van der Waals surface area contributed by atoms with Crippen molar-refractivity contribution in [2.24, 2.45) is 4.99 Å². The molecule has 0 saturated carbocycles. The minimum atomic E-state index is 1.09. The highest BCUT2D eigenvalue weighted by Crippen LogP contribution is 2.11. The van der Waals surface area contributed by atoms with E-state index in [0.717, 1.165) is 25.7 Å². The lowest BCUT2D eigenvalue weighted by Crippen LogP contribution is -1.93. The Labute approximate surface area is 120 Å². The second kappa shape index (κ2) is 10.8. The van der Waals surface area contributed by atoms with Crippen molar-refractivity contribution < 1.29 is 0 Å². The maximum atomic E-state index is 4.68. The molecular weight excluding hydrogens is 230 g/mol. The first kappa shape index (κ1) is 17.9. The molecule has 0 aliphatic rings. The van der Waals surface area contributed by atoms with Crippen molar-refractivity contribution in [1.82, 2.24) is 0 Å². The maximum absolute atomic E-state index is 4.68. The Morgan fingerprint density at radius 1 is 1.05 bits per heavy atom. The number of unbranched alkanes of at least 4 members (excludes halogenated alkanes) is 1. The van der Waals surface area contributed by atoms with E-state index in [4.69, 9.17) is 0 Å². The van der Waals surface area contributed by atoms with Gasteiger partial charge >= 0.3 is 0 Å². The van der Waals surface area contributed by atoms with Crippen LogP contribution in [0.2, 0.25) is 0 Å². The lowest BCUT2D eigenvalue weighted by Gasteiger charge is -2.03. The van der Waals surface area contributed by atoms with Gasteiger partial charge in [0.25, 0.3) is 0 Å². The normalized spacial score (nSPS) is 15.1. The van der Waals surface area contributed by atoms with Crippen molar-refractivity contribution in [3.05, 3.63) is 35.1 Å². The smallest absolute Gasteiger partial charge is 0.0361 e. The van der Waals surface area contributed by atoms with Crippen LogP contribution >= 0.6 is 0 Å². The molecule has 0 aromatic rings. The molecular formula is C18H31N. The third-order valence-electron chi connectivity index (χ3n) is 3.44. The van der Waals surface area contributed by atoms with Gasteiger partial charge < -0.3 is 0 Å². The summed E-state index contributed by atoms with van der Waals surface area (Å²) in [5, 5.41) is 0. The molecule has 0 aromatic heterocycles. The summed E-state index contributed by atoms with van der Waals surface area (Å²) in [6.45, 7) is 12.9. The van der Waals surface area contributed by atoms with E-state index in [-0.39, 0.29) is 0 Å². The first-order valence-electron chi connectivity index (χ1n) is 7.57. The molecule has 0 aromatic carbocycles. The minimum Gasteiger partial charge on any atom is -0.263 e. The van der Waals surface area contributed by atoms with E-state index in [2.05, 4.69) is 64.8 Å². The summed E-state index contributed by atoms with van der Waals surface area (Å²) in [4.78, 5) is 4.68. The maximum Gasteiger partial charge on any atom is 0.0361 e. The monoisotopic (exact) mass is 261 g/mol. The lowest BCUT2D eigenvalue weighted by atomic mass is 10.1. The SMILES string of the molecule is C/C=C\C(=C/CCC/C(C)=N/C(C)=C(\C)CC)CC. The highest BCUT2D eigenvalue weighted by atomic mass is 14.7. The number of aliphatic imine (C=N–C) groups is 1. The number of hydrogen-bond donors (Lipinski definition) is 0. The van der Waals surface area contributed by atoms with Gasteiger partial charge in [0.05, 0.1) is 0 Å². The van der Waals surface area contributed by atoms with Crippen molar-refractivity contribution >= 4 is 5.71 Å². The third-order valence-corrected chi connectivity index (χ3v) is 3.44. The van der Waals surface area contributed by atoms with E-state index < -0.39 is 0 Å². The van der Waals surface area contributed by atoms with Crippen LogP contribution < -0.4 is 0 Å². The summed E-state index contributed by atoms with van der Waals surface area (Å²) in [6.07, 6.45) is 12.3. The van der Waals surface area contributed by atoms with E-state index in [1.807, 2.05) is 0 Å². The number of hydrogen-bond acceptors (Lipinski definition) is 1. The molecule has 0 saturated heterocycles. The Morgan fingerprint density at radius 2 is 1.74 bits per heavy atom. The van der Waals surface area contributed by atoms with Gasteiger partial charge in [-0.05, 0) is 59.8 Å². The second-order valence-electron chi connectivity index (χ2n) is 5.09. The molecule has 1 nitrogen and oxygen atoms in total. The highest BCUT2D eigenvalue weighted by Gasteiger charge is 1.96. The Kier molecular flexibility index (Phi) is 10.1. The van der Waals surface area contributed by atoms with Gasteiger partial charge in [0.15, 0.2) is 0 Å². The molecule has 0 amide bonds. The van der Waals surface area contributed by atoms with Crippen LogP contribution in [0, 0.1) is 0 Å². The van der Waals surface area contributed by atoms with Gasteiger partial charge in [-0.15, -0.1) is 0 Å². The average Bonchev–Trinajstić information content (AvgIpc) is 2.41. The molecule has 0 spiro atoms. The number of nitrogens with zero attached hydrogens (tertiary/aromatic N) is 1. The quantitative estimate of drug-likeness (QED) is 0.279. The van der Waals surface area contributed by atoms with Gasteiger partial charge in [-0.2, -0.15) is 0 Å². The Morgan fingerprint density at radius 3 is 2.26 bits per heavy atom. The molecule has 0 N–H and O–H groups in total. The van der Waals surface area contributed by atoms with Gasteiger partial charge in [-0.25, -0.2) is 0 Å². The molecule has 0 aliphatic heterocycles. The fraction of sp³-hybridized carbons (Fsp3) is 0.611. The Balaban J connectivity index is 4.25. The fourth-order valence-electron chi connectivity index (χ4n) is 1.88. The lowest BCUT2D eigenvalue weighted by molar-refractivity contribution is 0.878. The standard InChI is InChI=1S/C18H31N/c1-7-12-18(9-3)14-11-10-13-16(5)19-17(6)15(4)8-2/h7,12,14H,8-11,13H2,1-6H3/b12-7-,17-15+,18-14-,19-16+. The van der Waals surface area contributed by atoms with Gasteiger partial charge in [0.1, 0.15) is 0 Å². The summed E-state index contributed by atoms with van der Waals surface area (Å²) < 4.78 is 0. The summed E-state index contributed by atoms with van der Waals surface area (Å²) in [5.41, 5.74) is 5.28. The molecule has 0 bridgehead atoms. The van der Waals surface area contributed by atoms with Gasteiger partial charge in [0.2, 0.25) is 0 Å². The van der Waals surface area contributed by atoms with Crippen LogP contribution in [-0.4, -0.2) is 5.71 Å². The molecule has 0 rings (SSSR count). The molecule has 0 radical (unpaired) electrons. The first-order chi connectivity index (χ1) is 9.04. The van der Waals surface area contributed by atoms with Crippen molar-refractivity contribution in [2.45, 2.75) is 73.6 Å². The van der Waals surface area contributed by atoms with Gasteiger partial charge in [-0.3, -0.25) is 4.99 Å².